The van der Waals surface area contributed by atoms with E-state index < -0.39 is 0 Å². The number of carbonyl (C=O) groups excluding carboxylic acids is 1. The molecule has 154 valence electrons. The standard InChI is InChI=1S/C22H26N4O2.ClH/c27-22(28-15-16-4-2-1-3-5-16)25-13-18-7-8-19(14-25)26(18)21-9-6-17-12-23-11-10-20(17)24-21;/h1-6,9,18-19,23H,7-8,10-15H2;1H. The molecule has 1 aromatic heterocycles. The molecule has 2 bridgehead atoms. The maximum atomic E-state index is 12.6. The van der Waals surface area contributed by atoms with Gasteiger partial charge in [0.2, 0.25) is 0 Å². The van der Waals surface area contributed by atoms with Crippen molar-refractivity contribution in [1.29, 1.82) is 0 Å². The molecule has 3 aliphatic heterocycles. The molecule has 2 saturated heterocycles. The van der Waals surface area contributed by atoms with E-state index in [2.05, 4.69) is 22.3 Å². The van der Waals surface area contributed by atoms with Crippen LogP contribution in [0.1, 0.15) is 29.7 Å². The van der Waals surface area contributed by atoms with Gasteiger partial charge in [0.25, 0.3) is 0 Å². The molecule has 2 fully saturated rings. The molecule has 2 atom stereocenters. The number of benzene rings is 1. The van der Waals surface area contributed by atoms with Crippen molar-refractivity contribution in [2.24, 2.45) is 0 Å². The molecule has 1 N–H and O–H groups in total. The summed E-state index contributed by atoms with van der Waals surface area (Å²) in [7, 11) is 0. The third-order valence-electron chi connectivity index (χ3n) is 6.12. The molecule has 1 amide bonds. The molecular formula is C22H27ClN4O2. The molecule has 0 radical (unpaired) electrons. The zero-order chi connectivity index (χ0) is 18.9. The lowest BCUT2D eigenvalue weighted by Gasteiger charge is -2.41. The highest BCUT2D eigenvalue weighted by Gasteiger charge is 2.42. The van der Waals surface area contributed by atoms with Crippen LogP contribution >= 0.6 is 12.4 Å². The Morgan fingerprint density at radius 1 is 1.10 bits per heavy atom. The number of likely N-dealkylation sites (tertiary alicyclic amines) is 1. The van der Waals surface area contributed by atoms with Crippen LogP contribution < -0.4 is 10.2 Å². The minimum absolute atomic E-state index is 0. The highest BCUT2D eigenvalue weighted by atomic mass is 35.5. The molecule has 1 aromatic carbocycles. The van der Waals surface area contributed by atoms with Gasteiger partial charge in [0.05, 0.1) is 0 Å². The van der Waals surface area contributed by atoms with Crippen molar-refractivity contribution in [1.82, 2.24) is 15.2 Å². The van der Waals surface area contributed by atoms with E-state index >= 15 is 0 Å². The maximum Gasteiger partial charge on any atom is 0.410 e. The molecule has 0 saturated carbocycles. The molecule has 6 nitrogen and oxygen atoms in total. The minimum atomic E-state index is -0.204. The Kier molecular flexibility index (Phi) is 5.92. The van der Waals surface area contributed by atoms with Crippen molar-refractivity contribution in [2.75, 3.05) is 24.5 Å². The van der Waals surface area contributed by atoms with Crippen LogP contribution in [0, 0.1) is 0 Å². The van der Waals surface area contributed by atoms with Crippen molar-refractivity contribution in [3.63, 3.8) is 0 Å². The van der Waals surface area contributed by atoms with Gasteiger partial charge < -0.3 is 19.9 Å². The van der Waals surface area contributed by atoms with Gasteiger partial charge in [0.1, 0.15) is 12.4 Å². The van der Waals surface area contributed by atoms with Gasteiger partial charge in [-0.1, -0.05) is 36.4 Å². The van der Waals surface area contributed by atoms with E-state index in [4.69, 9.17) is 9.72 Å². The van der Waals surface area contributed by atoms with Gasteiger partial charge >= 0.3 is 6.09 Å². The molecule has 0 spiro atoms. The second-order valence-electron chi connectivity index (χ2n) is 7.94. The molecule has 3 aliphatic rings. The second kappa shape index (κ2) is 8.59. The van der Waals surface area contributed by atoms with Crippen molar-refractivity contribution in [3.05, 3.63) is 59.3 Å². The summed E-state index contributed by atoms with van der Waals surface area (Å²) >= 11 is 0. The van der Waals surface area contributed by atoms with Crippen LogP contribution in [0.3, 0.4) is 0 Å². The van der Waals surface area contributed by atoms with Crippen LogP contribution in [0.2, 0.25) is 0 Å². The quantitative estimate of drug-likeness (QED) is 0.836. The number of fused-ring (bicyclic) bond motifs is 3. The molecule has 0 aliphatic carbocycles. The van der Waals surface area contributed by atoms with Crippen LogP contribution in [0.25, 0.3) is 0 Å². The van der Waals surface area contributed by atoms with Gasteiger partial charge in [0.15, 0.2) is 0 Å². The van der Waals surface area contributed by atoms with Gasteiger partial charge in [-0.15, -0.1) is 12.4 Å². The van der Waals surface area contributed by atoms with Crippen molar-refractivity contribution in [3.8, 4) is 0 Å². The van der Waals surface area contributed by atoms with E-state index in [1.165, 1.54) is 11.3 Å². The van der Waals surface area contributed by atoms with Gasteiger partial charge in [-0.05, 0) is 30.0 Å². The number of hydrogen-bond acceptors (Lipinski definition) is 5. The summed E-state index contributed by atoms with van der Waals surface area (Å²) in [6.45, 7) is 3.67. The molecule has 4 heterocycles. The highest BCUT2D eigenvalue weighted by Crippen LogP contribution is 2.34. The fraction of sp³-hybridized carbons (Fsp3) is 0.455. The number of nitrogens with zero attached hydrogens (tertiary/aromatic N) is 3. The third-order valence-corrected chi connectivity index (χ3v) is 6.12. The summed E-state index contributed by atoms with van der Waals surface area (Å²) in [5.74, 6) is 1.07. The maximum absolute atomic E-state index is 12.6. The van der Waals surface area contributed by atoms with Gasteiger partial charge in [-0.2, -0.15) is 0 Å². The minimum Gasteiger partial charge on any atom is -0.445 e. The zero-order valence-electron chi connectivity index (χ0n) is 16.4. The van der Waals surface area contributed by atoms with Crippen LogP contribution in [0.4, 0.5) is 10.6 Å². The molecule has 29 heavy (non-hydrogen) atoms. The third kappa shape index (κ3) is 4.05. The molecule has 7 heteroatoms. The number of nitrogens with one attached hydrogen (secondary N) is 1. The highest BCUT2D eigenvalue weighted by molar-refractivity contribution is 5.85. The number of amides is 1. The predicted molar refractivity (Wildman–Crippen MR) is 114 cm³/mol. The number of halogens is 1. The van der Waals surface area contributed by atoms with Gasteiger partial charge in [-0.25, -0.2) is 9.78 Å². The average Bonchev–Trinajstić information content (AvgIpc) is 3.01. The predicted octanol–water partition coefficient (Wildman–Crippen LogP) is 3.14. The van der Waals surface area contributed by atoms with Crippen molar-refractivity contribution in [2.45, 2.75) is 44.5 Å². The summed E-state index contributed by atoms with van der Waals surface area (Å²) in [5.41, 5.74) is 3.55. The lowest BCUT2D eigenvalue weighted by Crippen LogP contribution is -2.55. The molecule has 5 rings (SSSR count). The van der Waals surface area contributed by atoms with Gasteiger partial charge in [-0.3, -0.25) is 0 Å². The van der Waals surface area contributed by atoms with E-state index in [-0.39, 0.29) is 18.5 Å². The summed E-state index contributed by atoms with van der Waals surface area (Å²) < 4.78 is 5.55. The number of anilines is 1. The normalized spacial score (nSPS) is 22.6. The van der Waals surface area contributed by atoms with Crippen molar-refractivity contribution < 1.29 is 9.53 Å². The van der Waals surface area contributed by atoms with Crippen LogP contribution in [-0.4, -0.2) is 47.7 Å². The monoisotopic (exact) mass is 414 g/mol. The number of piperazine rings is 1. The van der Waals surface area contributed by atoms with E-state index in [1.807, 2.05) is 35.2 Å². The summed E-state index contributed by atoms with van der Waals surface area (Å²) in [5, 5.41) is 3.40. The van der Waals surface area contributed by atoms with Crippen LogP contribution in [0.5, 0.6) is 0 Å². The first kappa shape index (κ1) is 20.0. The Bertz CT molecular complexity index is 849. The second-order valence-corrected chi connectivity index (χ2v) is 7.94. The molecule has 2 aromatic rings. The summed E-state index contributed by atoms with van der Waals surface area (Å²) in [6.07, 6.45) is 3.00. The first-order valence-electron chi connectivity index (χ1n) is 10.2. The topological polar surface area (TPSA) is 57.7 Å². The molecular weight excluding hydrogens is 388 g/mol. The fourth-order valence-corrected chi connectivity index (χ4v) is 4.71. The van der Waals surface area contributed by atoms with E-state index in [9.17, 15) is 4.79 Å². The number of carbonyl (C=O) groups is 1. The number of ether oxygens (including phenoxy) is 1. The first-order chi connectivity index (χ1) is 13.8. The van der Waals surface area contributed by atoms with E-state index in [1.54, 1.807) is 0 Å². The average molecular weight is 415 g/mol. The zero-order valence-corrected chi connectivity index (χ0v) is 17.2. The van der Waals surface area contributed by atoms with E-state index in [0.717, 1.165) is 43.7 Å². The summed E-state index contributed by atoms with van der Waals surface area (Å²) in [4.78, 5) is 21.9. The Morgan fingerprint density at radius 3 is 2.62 bits per heavy atom. The Morgan fingerprint density at radius 2 is 1.86 bits per heavy atom. The van der Waals surface area contributed by atoms with Crippen molar-refractivity contribution >= 4 is 24.3 Å². The fourth-order valence-electron chi connectivity index (χ4n) is 4.71. The lowest BCUT2D eigenvalue weighted by atomic mass is 10.1. The van der Waals surface area contributed by atoms with Crippen LogP contribution in [-0.2, 0) is 24.3 Å². The Hall–Kier alpha value is -2.31. The number of pyridine rings is 1. The molecule has 2 unspecified atom stereocenters. The Labute approximate surface area is 177 Å². The number of aromatic nitrogens is 1. The smallest absolute Gasteiger partial charge is 0.410 e. The lowest BCUT2D eigenvalue weighted by molar-refractivity contribution is 0.0880. The largest absolute Gasteiger partial charge is 0.445 e. The summed E-state index contributed by atoms with van der Waals surface area (Å²) in [6, 6.07) is 14.9. The first-order valence-corrected chi connectivity index (χ1v) is 10.2. The SMILES string of the molecule is Cl.O=C(OCc1ccccc1)N1CC2CCC(C1)N2c1ccc2c(n1)CCNC2. The number of rotatable bonds is 3. The van der Waals surface area contributed by atoms with Gasteiger partial charge in [0, 0.05) is 50.4 Å². The number of hydrogen-bond donors (Lipinski definition) is 1. The van der Waals surface area contributed by atoms with E-state index in [0.29, 0.717) is 31.8 Å². The van der Waals surface area contributed by atoms with Crippen LogP contribution in [0.15, 0.2) is 42.5 Å². The Balaban J connectivity index is 0.00000205.